The molecular weight excluding hydrogens is 254 g/mol. The van der Waals surface area contributed by atoms with Gasteiger partial charge in [-0.05, 0) is 50.2 Å². The molecule has 5 heteroatoms. The highest BCUT2D eigenvalue weighted by atomic mass is 35.5. The number of rotatable bonds is 2. The van der Waals surface area contributed by atoms with E-state index in [9.17, 15) is 0 Å². The lowest BCUT2D eigenvalue weighted by Crippen LogP contribution is -1.93. The largest absolute Gasteiger partial charge is 0.244 e. The van der Waals surface area contributed by atoms with Gasteiger partial charge in [-0.15, -0.1) is 0 Å². The highest BCUT2D eigenvalue weighted by Crippen LogP contribution is 2.29. The summed E-state index contributed by atoms with van der Waals surface area (Å²) < 4.78 is 0. The standard InChI is InChI=1S/C12H12ClN3S/c1-7-6-14-11(13)5-10(7)17-12-15-8(2)4-9(3)16-12/h4-6H,1-3H3. The summed E-state index contributed by atoms with van der Waals surface area (Å²) in [7, 11) is 0. The monoisotopic (exact) mass is 265 g/mol. The van der Waals surface area contributed by atoms with Crippen molar-refractivity contribution in [1.82, 2.24) is 15.0 Å². The molecule has 3 nitrogen and oxygen atoms in total. The van der Waals surface area contributed by atoms with Gasteiger partial charge in [0.05, 0.1) is 0 Å². The summed E-state index contributed by atoms with van der Waals surface area (Å²) in [5.74, 6) is 0. The number of halogens is 1. The van der Waals surface area contributed by atoms with Gasteiger partial charge in [0.15, 0.2) is 5.16 Å². The fourth-order valence-corrected chi connectivity index (χ4v) is 2.61. The van der Waals surface area contributed by atoms with Crippen LogP contribution in [-0.2, 0) is 0 Å². The molecule has 0 saturated heterocycles. The van der Waals surface area contributed by atoms with Crippen molar-refractivity contribution in [3.8, 4) is 0 Å². The predicted octanol–water partition coefficient (Wildman–Crippen LogP) is 3.60. The number of hydrogen-bond donors (Lipinski definition) is 0. The molecule has 17 heavy (non-hydrogen) atoms. The first-order valence-corrected chi connectivity index (χ1v) is 6.36. The average Bonchev–Trinajstić information content (AvgIpc) is 2.22. The third kappa shape index (κ3) is 3.17. The maximum absolute atomic E-state index is 5.88. The zero-order chi connectivity index (χ0) is 12.4. The Bertz CT molecular complexity index is 537. The molecule has 0 unspecified atom stereocenters. The average molecular weight is 266 g/mol. The second kappa shape index (κ2) is 5.02. The van der Waals surface area contributed by atoms with Gasteiger partial charge in [-0.3, -0.25) is 0 Å². The molecule has 2 heterocycles. The van der Waals surface area contributed by atoms with E-state index in [1.807, 2.05) is 32.9 Å². The minimum absolute atomic E-state index is 0.488. The molecule has 0 aliphatic carbocycles. The predicted molar refractivity (Wildman–Crippen MR) is 69.6 cm³/mol. The summed E-state index contributed by atoms with van der Waals surface area (Å²) in [5, 5.41) is 1.23. The second-order valence-corrected chi connectivity index (χ2v) is 5.20. The normalized spacial score (nSPS) is 10.6. The first-order chi connectivity index (χ1) is 8.04. The molecule has 0 radical (unpaired) electrons. The molecule has 0 N–H and O–H groups in total. The molecule has 0 atom stereocenters. The Hall–Kier alpha value is -1.13. The van der Waals surface area contributed by atoms with E-state index in [1.165, 1.54) is 11.8 Å². The first kappa shape index (κ1) is 12.3. The van der Waals surface area contributed by atoms with Crippen LogP contribution < -0.4 is 0 Å². The van der Waals surface area contributed by atoms with Crippen LogP contribution in [0.4, 0.5) is 0 Å². The topological polar surface area (TPSA) is 38.7 Å². The molecule has 0 amide bonds. The lowest BCUT2D eigenvalue weighted by Gasteiger charge is -2.05. The molecule has 2 rings (SSSR count). The molecule has 0 aliphatic heterocycles. The van der Waals surface area contributed by atoms with Crippen molar-refractivity contribution in [2.45, 2.75) is 30.8 Å². The van der Waals surface area contributed by atoms with Gasteiger partial charge in [-0.2, -0.15) is 0 Å². The van der Waals surface area contributed by atoms with E-state index >= 15 is 0 Å². The molecule has 2 aromatic rings. The Labute approximate surface area is 110 Å². The number of hydrogen-bond acceptors (Lipinski definition) is 4. The Morgan fingerprint density at radius 1 is 1.06 bits per heavy atom. The van der Waals surface area contributed by atoms with Crippen LogP contribution in [0.25, 0.3) is 0 Å². The van der Waals surface area contributed by atoms with Crippen LogP contribution in [0.5, 0.6) is 0 Å². The highest BCUT2D eigenvalue weighted by Gasteiger charge is 2.06. The van der Waals surface area contributed by atoms with Crippen LogP contribution in [0.1, 0.15) is 17.0 Å². The van der Waals surface area contributed by atoms with Crippen LogP contribution in [0, 0.1) is 20.8 Å². The van der Waals surface area contributed by atoms with Gasteiger partial charge < -0.3 is 0 Å². The van der Waals surface area contributed by atoms with E-state index in [2.05, 4.69) is 15.0 Å². The third-order valence-corrected chi connectivity index (χ3v) is 3.41. The van der Waals surface area contributed by atoms with Crippen LogP contribution in [0.2, 0.25) is 5.15 Å². The maximum atomic E-state index is 5.88. The SMILES string of the molecule is Cc1cc(C)nc(Sc2cc(Cl)ncc2C)n1. The first-order valence-electron chi connectivity index (χ1n) is 5.17. The number of aryl methyl sites for hydroxylation is 3. The molecular formula is C12H12ClN3S. The van der Waals surface area contributed by atoms with Gasteiger partial charge in [-0.25, -0.2) is 15.0 Å². The van der Waals surface area contributed by atoms with Gasteiger partial charge in [0.1, 0.15) is 5.15 Å². The van der Waals surface area contributed by atoms with Crippen molar-refractivity contribution in [3.63, 3.8) is 0 Å². The van der Waals surface area contributed by atoms with E-state index < -0.39 is 0 Å². The molecule has 88 valence electrons. The molecule has 0 saturated carbocycles. The minimum Gasteiger partial charge on any atom is -0.244 e. The molecule has 0 spiro atoms. The summed E-state index contributed by atoms with van der Waals surface area (Å²) in [6, 6.07) is 3.79. The number of pyridine rings is 1. The van der Waals surface area contributed by atoms with Crippen LogP contribution in [-0.4, -0.2) is 15.0 Å². The Kier molecular flexibility index (Phi) is 3.64. The Balaban J connectivity index is 2.34. The molecule has 0 fully saturated rings. The third-order valence-electron chi connectivity index (χ3n) is 2.18. The van der Waals surface area contributed by atoms with E-state index in [-0.39, 0.29) is 0 Å². The second-order valence-electron chi connectivity index (χ2n) is 3.81. The smallest absolute Gasteiger partial charge is 0.192 e. The fraction of sp³-hybridized carbons (Fsp3) is 0.250. The van der Waals surface area contributed by atoms with Gasteiger partial charge >= 0.3 is 0 Å². The van der Waals surface area contributed by atoms with Gasteiger partial charge in [0.2, 0.25) is 0 Å². The molecule has 2 aromatic heterocycles. The van der Waals surface area contributed by atoms with Crippen molar-refractivity contribution >= 4 is 23.4 Å². The van der Waals surface area contributed by atoms with Crippen molar-refractivity contribution in [2.75, 3.05) is 0 Å². The van der Waals surface area contributed by atoms with Gasteiger partial charge in [0, 0.05) is 22.5 Å². The van der Waals surface area contributed by atoms with Crippen LogP contribution >= 0.6 is 23.4 Å². The lowest BCUT2D eigenvalue weighted by molar-refractivity contribution is 0.901. The summed E-state index contributed by atoms with van der Waals surface area (Å²) in [5.41, 5.74) is 3.01. The molecule has 0 aromatic carbocycles. The molecule has 0 bridgehead atoms. The van der Waals surface area contributed by atoms with Crippen molar-refractivity contribution in [3.05, 3.63) is 40.4 Å². The zero-order valence-electron chi connectivity index (χ0n) is 9.86. The number of aromatic nitrogens is 3. The lowest BCUT2D eigenvalue weighted by atomic mass is 10.3. The quantitative estimate of drug-likeness (QED) is 0.614. The zero-order valence-corrected chi connectivity index (χ0v) is 11.4. The summed E-state index contributed by atoms with van der Waals surface area (Å²) in [6.45, 7) is 5.92. The van der Waals surface area contributed by atoms with E-state index in [4.69, 9.17) is 11.6 Å². The van der Waals surface area contributed by atoms with Crippen LogP contribution in [0.3, 0.4) is 0 Å². The van der Waals surface area contributed by atoms with E-state index in [0.29, 0.717) is 5.15 Å². The fourth-order valence-electron chi connectivity index (χ4n) is 1.43. The minimum atomic E-state index is 0.488. The van der Waals surface area contributed by atoms with Gasteiger partial charge in [0.25, 0.3) is 0 Å². The van der Waals surface area contributed by atoms with E-state index in [1.54, 1.807) is 6.20 Å². The van der Waals surface area contributed by atoms with Gasteiger partial charge in [-0.1, -0.05) is 11.6 Å². The maximum Gasteiger partial charge on any atom is 0.192 e. The summed E-state index contributed by atoms with van der Waals surface area (Å²) in [4.78, 5) is 13.8. The summed E-state index contributed by atoms with van der Waals surface area (Å²) >= 11 is 7.39. The van der Waals surface area contributed by atoms with Crippen molar-refractivity contribution in [2.24, 2.45) is 0 Å². The number of nitrogens with zero attached hydrogens (tertiary/aromatic N) is 3. The summed E-state index contributed by atoms with van der Waals surface area (Å²) in [6.07, 6.45) is 1.76. The Morgan fingerprint density at radius 3 is 2.35 bits per heavy atom. The van der Waals surface area contributed by atoms with Crippen molar-refractivity contribution < 1.29 is 0 Å². The highest BCUT2D eigenvalue weighted by molar-refractivity contribution is 7.99. The van der Waals surface area contributed by atoms with Crippen molar-refractivity contribution in [1.29, 1.82) is 0 Å². The molecule has 0 aliphatic rings. The Morgan fingerprint density at radius 2 is 1.71 bits per heavy atom. The van der Waals surface area contributed by atoms with E-state index in [0.717, 1.165) is 27.0 Å². The van der Waals surface area contributed by atoms with Crippen LogP contribution in [0.15, 0.2) is 28.4 Å².